The third-order valence-corrected chi connectivity index (χ3v) is 5.41. The Kier molecular flexibility index (Phi) is 4.82. The number of hydrogen-bond acceptors (Lipinski definition) is 2. The van der Waals surface area contributed by atoms with Gasteiger partial charge >= 0.3 is 0 Å². The number of fused-ring (bicyclic) bond motifs is 1. The van der Waals surface area contributed by atoms with Gasteiger partial charge in [-0.25, -0.2) is 18.4 Å². The Hall–Kier alpha value is -3.80. The molecule has 0 spiro atoms. The minimum atomic E-state index is -0.301. The molecule has 6 heteroatoms. The first-order chi connectivity index (χ1) is 15.1. The molecular weight excluding hydrogens is 394 g/mol. The van der Waals surface area contributed by atoms with Gasteiger partial charge in [0, 0.05) is 19.2 Å². The zero-order chi connectivity index (χ0) is 21.4. The first-order valence-corrected chi connectivity index (χ1v) is 10.2. The van der Waals surface area contributed by atoms with Crippen molar-refractivity contribution in [2.75, 3.05) is 0 Å². The molecule has 2 heterocycles. The third kappa shape index (κ3) is 3.61. The van der Waals surface area contributed by atoms with Gasteiger partial charge in [0.1, 0.15) is 17.5 Å². The molecule has 154 valence electrons. The molecule has 0 fully saturated rings. The summed E-state index contributed by atoms with van der Waals surface area (Å²) in [6.45, 7) is 2.84. The number of halogens is 2. The van der Waals surface area contributed by atoms with E-state index in [1.807, 2.05) is 36.4 Å². The predicted molar refractivity (Wildman–Crippen MR) is 117 cm³/mol. The van der Waals surface area contributed by atoms with Crippen molar-refractivity contribution in [3.05, 3.63) is 102 Å². The topological polar surface area (TPSA) is 35.6 Å². The van der Waals surface area contributed by atoms with E-state index in [9.17, 15) is 8.78 Å². The van der Waals surface area contributed by atoms with E-state index in [-0.39, 0.29) is 11.6 Å². The van der Waals surface area contributed by atoms with E-state index in [0.717, 1.165) is 40.2 Å². The summed E-state index contributed by atoms with van der Waals surface area (Å²) >= 11 is 0. The van der Waals surface area contributed by atoms with Crippen LogP contribution in [0.2, 0.25) is 0 Å². The van der Waals surface area contributed by atoms with E-state index in [0.29, 0.717) is 12.1 Å². The fraction of sp³-hybridized carbons (Fsp3) is 0.120. The van der Waals surface area contributed by atoms with Gasteiger partial charge in [-0.1, -0.05) is 24.3 Å². The summed E-state index contributed by atoms with van der Waals surface area (Å²) in [5.41, 5.74) is 5.21. The Morgan fingerprint density at radius 2 is 1.61 bits per heavy atom. The molecular formula is C25H20F2N4. The highest BCUT2D eigenvalue weighted by atomic mass is 19.1. The Balaban J connectivity index is 1.55. The van der Waals surface area contributed by atoms with Gasteiger partial charge in [0.2, 0.25) is 0 Å². The van der Waals surface area contributed by atoms with Crippen LogP contribution in [-0.4, -0.2) is 19.3 Å². The minimum absolute atomic E-state index is 0.261. The molecule has 0 unspecified atom stereocenters. The molecule has 0 saturated heterocycles. The first-order valence-electron chi connectivity index (χ1n) is 10.2. The highest BCUT2D eigenvalue weighted by Crippen LogP contribution is 2.26. The number of imidazole rings is 1. The lowest BCUT2D eigenvalue weighted by Gasteiger charge is -2.09. The summed E-state index contributed by atoms with van der Waals surface area (Å²) in [4.78, 5) is 4.87. The summed E-state index contributed by atoms with van der Waals surface area (Å²) in [5, 5.41) is 4.37. The van der Waals surface area contributed by atoms with Gasteiger partial charge in [0.05, 0.1) is 22.4 Å². The van der Waals surface area contributed by atoms with Crippen LogP contribution in [0.5, 0.6) is 0 Å². The molecule has 5 aromatic rings. The largest absolute Gasteiger partial charge is 0.328 e. The lowest BCUT2D eigenvalue weighted by Crippen LogP contribution is -2.07. The molecule has 0 atom stereocenters. The molecule has 0 aliphatic rings. The molecule has 5 rings (SSSR count). The molecule has 0 aliphatic carbocycles. The second-order valence-corrected chi connectivity index (χ2v) is 7.38. The molecule has 0 N–H and O–H groups in total. The summed E-state index contributed by atoms with van der Waals surface area (Å²) in [6, 6.07) is 20.9. The molecule has 3 aromatic carbocycles. The molecule has 0 aliphatic heterocycles. The molecule has 2 aromatic heterocycles. The Morgan fingerprint density at radius 3 is 2.39 bits per heavy atom. The van der Waals surface area contributed by atoms with Crippen LogP contribution in [0.25, 0.3) is 27.8 Å². The maximum absolute atomic E-state index is 13.7. The highest BCUT2D eigenvalue weighted by molar-refractivity contribution is 5.82. The molecule has 4 nitrogen and oxygen atoms in total. The zero-order valence-electron chi connectivity index (χ0n) is 17.0. The summed E-state index contributed by atoms with van der Waals surface area (Å²) < 4.78 is 31.2. The van der Waals surface area contributed by atoms with Crippen LogP contribution in [0.4, 0.5) is 8.78 Å². The van der Waals surface area contributed by atoms with Gasteiger partial charge in [0.15, 0.2) is 0 Å². The van der Waals surface area contributed by atoms with E-state index < -0.39 is 0 Å². The van der Waals surface area contributed by atoms with Crippen molar-refractivity contribution in [1.82, 2.24) is 19.3 Å². The third-order valence-electron chi connectivity index (χ3n) is 5.41. The molecule has 31 heavy (non-hydrogen) atoms. The zero-order valence-corrected chi connectivity index (χ0v) is 17.0. The fourth-order valence-electron chi connectivity index (χ4n) is 3.98. The number of benzene rings is 3. The minimum Gasteiger partial charge on any atom is -0.328 e. The summed E-state index contributed by atoms with van der Waals surface area (Å²) in [7, 11) is 0. The van der Waals surface area contributed by atoms with Crippen molar-refractivity contribution in [3.8, 4) is 16.8 Å². The second kappa shape index (κ2) is 7.80. The number of rotatable bonds is 5. The van der Waals surface area contributed by atoms with Crippen molar-refractivity contribution in [3.63, 3.8) is 0 Å². The standard InChI is InChI=1S/C25H20F2N4/c1-2-30-24-10-9-18(17-5-3-6-19(26)13-17)14-23(24)29-25(30)16-22-11-12-28-31(22)21-8-4-7-20(27)15-21/h3-15H,2,16H2,1H3. The van der Waals surface area contributed by atoms with Gasteiger partial charge in [-0.15, -0.1) is 0 Å². The average Bonchev–Trinajstić information content (AvgIpc) is 3.37. The van der Waals surface area contributed by atoms with Crippen LogP contribution < -0.4 is 0 Å². The Labute approximate surface area is 178 Å². The average molecular weight is 414 g/mol. The van der Waals surface area contributed by atoms with E-state index in [2.05, 4.69) is 16.6 Å². The van der Waals surface area contributed by atoms with Crippen molar-refractivity contribution >= 4 is 11.0 Å². The normalized spacial score (nSPS) is 11.3. The van der Waals surface area contributed by atoms with Crippen LogP contribution in [0.15, 0.2) is 79.0 Å². The predicted octanol–water partition coefficient (Wildman–Crippen LogP) is 5.78. The molecule has 0 radical (unpaired) electrons. The van der Waals surface area contributed by atoms with Crippen LogP contribution >= 0.6 is 0 Å². The van der Waals surface area contributed by atoms with Crippen LogP contribution in [0.3, 0.4) is 0 Å². The van der Waals surface area contributed by atoms with Gasteiger partial charge < -0.3 is 4.57 Å². The van der Waals surface area contributed by atoms with Gasteiger partial charge in [-0.05, 0) is 66.6 Å². The van der Waals surface area contributed by atoms with Crippen molar-refractivity contribution in [2.24, 2.45) is 0 Å². The lowest BCUT2D eigenvalue weighted by molar-refractivity contribution is 0.624. The Morgan fingerprint density at radius 1 is 0.839 bits per heavy atom. The number of aryl methyl sites for hydroxylation is 1. The molecule has 0 bridgehead atoms. The summed E-state index contributed by atoms with van der Waals surface area (Å²) in [6.07, 6.45) is 2.26. The van der Waals surface area contributed by atoms with E-state index >= 15 is 0 Å². The van der Waals surface area contributed by atoms with Crippen LogP contribution in [0.1, 0.15) is 18.4 Å². The van der Waals surface area contributed by atoms with E-state index in [1.54, 1.807) is 23.0 Å². The van der Waals surface area contributed by atoms with Crippen molar-refractivity contribution in [1.29, 1.82) is 0 Å². The monoisotopic (exact) mass is 414 g/mol. The molecule has 0 amide bonds. The number of aromatic nitrogens is 4. The quantitative estimate of drug-likeness (QED) is 0.366. The fourth-order valence-corrected chi connectivity index (χ4v) is 3.98. The smallest absolute Gasteiger partial charge is 0.125 e. The maximum atomic E-state index is 13.7. The van der Waals surface area contributed by atoms with Gasteiger partial charge in [0.25, 0.3) is 0 Å². The summed E-state index contributed by atoms with van der Waals surface area (Å²) in [5.74, 6) is 0.333. The van der Waals surface area contributed by atoms with Crippen LogP contribution in [0, 0.1) is 11.6 Å². The number of nitrogens with zero attached hydrogens (tertiary/aromatic N) is 4. The van der Waals surface area contributed by atoms with Crippen molar-refractivity contribution in [2.45, 2.75) is 19.9 Å². The van der Waals surface area contributed by atoms with E-state index in [4.69, 9.17) is 4.98 Å². The molecule has 0 saturated carbocycles. The van der Waals surface area contributed by atoms with Crippen molar-refractivity contribution < 1.29 is 8.78 Å². The first kappa shape index (κ1) is 19.2. The highest BCUT2D eigenvalue weighted by Gasteiger charge is 2.14. The van der Waals surface area contributed by atoms with Gasteiger partial charge in [-0.3, -0.25) is 0 Å². The second-order valence-electron chi connectivity index (χ2n) is 7.38. The maximum Gasteiger partial charge on any atom is 0.125 e. The van der Waals surface area contributed by atoms with Gasteiger partial charge in [-0.2, -0.15) is 5.10 Å². The van der Waals surface area contributed by atoms with E-state index in [1.165, 1.54) is 24.3 Å². The van der Waals surface area contributed by atoms with Crippen LogP contribution in [-0.2, 0) is 13.0 Å². The Bertz CT molecular complexity index is 1380. The SMILES string of the molecule is CCn1c(Cc2ccnn2-c2cccc(F)c2)nc2cc(-c3cccc(F)c3)ccc21. The lowest BCUT2D eigenvalue weighted by atomic mass is 10.1. The number of hydrogen-bond donors (Lipinski definition) is 0.